The van der Waals surface area contributed by atoms with Crippen LogP contribution in [0.25, 0.3) is 11.8 Å². The number of benzene rings is 2. The van der Waals surface area contributed by atoms with Gasteiger partial charge in [0.15, 0.2) is 5.17 Å². The van der Waals surface area contributed by atoms with Gasteiger partial charge in [-0.1, -0.05) is 48.2 Å². The van der Waals surface area contributed by atoms with Crippen LogP contribution in [0.3, 0.4) is 0 Å². The Balaban J connectivity index is 1.45. The molecule has 8 heteroatoms. The lowest BCUT2D eigenvalue weighted by atomic mass is 10.1. The Labute approximate surface area is 213 Å². The highest BCUT2D eigenvalue weighted by Gasteiger charge is 2.37. The molecule has 0 saturated carbocycles. The molecule has 3 aromatic rings. The van der Waals surface area contributed by atoms with Crippen molar-refractivity contribution in [2.24, 2.45) is 9.39 Å². The van der Waals surface area contributed by atoms with Crippen molar-refractivity contribution in [2.75, 3.05) is 0 Å². The van der Waals surface area contributed by atoms with Gasteiger partial charge in [-0.05, 0) is 74.2 Å². The number of aliphatic imine (C=N–C) groups is 1. The van der Waals surface area contributed by atoms with Gasteiger partial charge in [0.25, 0.3) is 5.91 Å². The average molecular weight is 500 g/mol. The van der Waals surface area contributed by atoms with Gasteiger partial charge < -0.3 is 4.57 Å². The maximum Gasteiger partial charge on any atom is 0.283 e. The van der Waals surface area contributed by atoms with E-state index in [9.17, 15) is 4.79 Å². The van der Waals surface area contributed by atoms with Gasteiger partial charge in [0.2, 0.25) is 5.17 Å². The third kappa shape index (κ3) is 4.39. The zero-order valence-electron chi connectivity index (χ0n) is 20.0. The highest BCUT2D eigenvalue weighted by atomic mass is 32.2. The molecule has 5 rings (SSSR count). The Morgan fingerprint density at radius 1 is 1.03 bits per heavy atom. The third-order valence-electron chi connectivity index (χ3n) is 6.22. The summed E-state index contributed by atoms with van der Waals surface area (Å²) in [6, 6.07) is 18.6. The third-order valence-corrected chi connectivity index (χ3v) is 8.05. The Morgan fingerprint density at radius 3 is 2.54 bits per heavy atom. The number of carbonyl (C=O) groups excluding carboxylic acids is 1. The second-order valence-corrected chi connectivity index (χ2v) is 10.3. The van der Waals surface area contributed by atoms with E-state index < -0.39 is 5.91 Å². The van der Waals surface area contributed by atoms with Crippen molar-refractivity contribution in [1.29, 1.82) is 5.41 Å². The number of nitrogens with one attached hydrogen (secondary N) is 1. The number of rotatable bonds is 4. The van der Waals surface area contributed by atoms with E-state index in [0.29, 0.717) is 10.3 Å². The molecule has 2 aliphatic rings. The summed E-state index contributed by atoms with van der Waals surface area (Å²) in [4.78, 5) is 18.8. The standard InChI is InChI=1S/C27H25N5OS2/c1-16-10-11-22(12-17(16)2)31-18(3)13-21(19(31)4)14-23-24(28)32-26(29-25(23)33)35-30-27(32)34-15-20-8-6-5-7-9-20/h5-14,28H,15H2,1-4H3/b23-14+,28-24?. The van der Waals surface area contributed by atoms with Crippen LogP contribution in [0.4, 0.5) is 0 Å². The summed E-state index contributed by atoms with van der Waals surface area (Å²) in [5, 5.41) is 9.96. The molecule has 0 radical (unpaired) electrons. The van der Waals surface area contributed by atoms with Crippen LogP contribution in [0.2, 0.25) is 0 Å². The van der Waals surface area contributed by atoms with Crippen molar-refractivity contribution in [3.63, 3.8) is 0 Å². The molecule has 0 bridgehead atoms. The number of thioether (sulfide) groups is 1. The van der Waals surface area contributed by atoms with Crippen molar-refractivity contribution in [1.82, 2.24) is 9.47 Å². The first-order chi connectivity index (χ1) is 16.8. The van der Waals surface area contributed by atoms with Crippen LogP contribution < -0.4 is 0 Å². The molecule has 2 aromatic carbocycles. The van der Waals surface area contributed by atoms with Crippen molar-refractivity contribution >= 4 is 51.9 Å². The van der Waals surface area contributed by atoms with Crippen molar-refractivity contribution in [2.45, 2.75) is 33.4 Å². The van der Waals surface area contributed by atoms with Crippen LogP contribution in [0.5, 0.6) is 0 Å². The summed E-state index contributed by atoms with van der Waals surface area (Å²) in [7, 11) is 0. The van der Waals surface area contributed by atoms with Gasteiger partial charge >= 0.3 is 0 Å². The lowest BCUT2D eigenvalue weighted by Crippen LogP contribution is -2.41. The summed E-state index contributed by atoms with van der Waals surface area (Å²) >= 11 is 2.68. The number of aryl methyl sites for hydroxylation is 3. The number of aromatic nitrogens is 1. The van der Waals surface area contributed by atoms with Gasteiger partial charge in [-0.25, -0.2) is 4.90 Å². The van der Waals surface area contributed by atoms with Crippen molar-refractivity contribution in [3.05, 3.63) is 93.8 Å². The first-order valence-electron chi connectivity index (χ1n) is 11.3. The molecule has 1 aromatic heterocycles. The summed E-state index contributed by atoms with van der Waals surface area (Å²) in [5.41, 5.74) is 7.97. The Kier molecular flexibility index (Phi) is 6.25. The molecule has 3 heterocycles. The predicted molar refractivity (Wildman–Crippen MR) is 147 cm³/mol. The molecular formula is C27H25N5OS2. The topological polar surface area (TPSA) is 73.8 Å². The molecule has 0 aliphatic carbocycles. The summed E-state index contributed by atoms with van der Waals surface area (Å²) in [6.07, 6.45) is 1.79. The number of amides is 1. The minimum absolute atomic E-state index is 0.111. The maximum absolute atomic E-state index is 12.9. The molecule has 0 unspecified atom stereocenters. The quantitative estimate of drug-likeness (QED) is 0.342. The average Bonchev–Trinajstić information content (AvgIpc) is 3.37. The fourth-order valence-electron chi connectivity index (χ4n) is 4.17. The molecule has 0 atom stereocenters. The van der Waals surface area contributed by atoms with Crippen LogP contribution >= 0.6 is 23.7 Å². The number of carbonyl (C=O) groups is 1. The summed E-state index contributed by atoms with van der Waals surface area (Å²) in [6.45, 7) is 8.30. The van der Waals surface area contributed by atoms with E-state index in [1.165, 1.54) is 28.5 Å². The Hall–Kier alpha value is -3.36. The fourth-order valence-corrected chi connectivity index (χ4v) is 5.97. The number of fused-ring (bicyclic) bond motifs is 1. The lowest BCUT2D eigenvalue weighted by molar-refractivity contribution is -0.114. The van der Waals surface area contributed by atoms with Gasteiger partial charge in [-0.15, -0.1) is 0 Å². The molecule has 1 amide bonds. The molecule has 0 spiro atoms. The van der Waals surface area contributed by atoms with Gasteiger partial charge in [0.05, 0.1) is 17.5 Å². The van der Waals surface area contributed by atoms with Crippen LogP contribution in [0, 0.1) is 33.1 Å². The predicted octanol–water partition coefficient (Wildman–Crippen LogP) is 6.22. The molecule has 6 nitrogen and oxygen atoms in total. The molecule has 0 saturated heterocycles. The van der Waals surface area contributed by atoms with Crippen LogP contribution in [-0.2, 0) is 10.5 Å². The van der Waals surface area contributed by atoms with Gasteiger partial charge in [-0.2, -0.15) is 9.39 Å². The Morgan fingerprint density at radius 2 is 1.80 bits per heavy atom. The second-order valence-electron chi connectivity index (χ2n) is 8.61. The van der Waals surface area contributed by atoms with E-state index in [1.54, 1.807) is 11.0 Å². The van der Waals surface area contributed by atoms with E-state index in [-0.39, 0.29) is 11.4 Å². The number of hydrogen-bond acceptors (Lipinski definition) is 5. The van der Waals surface area contributed by atoms with Crippen LogP contribution in [0.1, 0.15) is 33.6 Å². The highest BCUT2D eigenvalue weighted by Crippen LogP contribution is 2.33. The smallest absolute Gasteiger partial charge is 0.283 e. The lowest BCUT2D eigenvalue weighted by Gasteiger charge is -2.24. The highest BCUT2D eigenvalue weighted by molar-refractivity contribution is 8.18. The normalized spacial score (nSPS) is 16.6. The van der Waals surface area contributed by atoms with Crippen molar-refractivity contribution < 1.29 is 4.79 Å². The molecule has 0 fully saturated rings. The van der Waals surface area contributed by atoms with Gasteiger partial charge in [0, 0.05) is 22.8 Å². The zero-order chi connectivity index (χ0) is 24.7. The molecular weight excluding hydrogens is 474 g/mol. The monoisotopic (exact) mass is 499 g/mol. The first-order valence-corrected chi connectivity index (χ1v) is 13.0. The van der Waals surface area contributed by atoms with Crippen LogP contribution in [0.15, 0.2) is 69.6 Å². The minimum Gasteiger partial charge on any atom is -0.318 e. The summed E-state index contributed by atoms with van der Waals surface area (Å²) < 4.78 is 6.66. The van der Waals surface area contributed by atoms with E-state index in [2.05, 4.69) is 71.1 Å². The SMILES string of the molecule is Cc1ccc(-n2c(C)cc(/C=C3\C(=N)N4C(SCc5ccccc5)=NSC4=NC3=O)c2C)cc1C. The van der Waals surface area contributed by atoms with E-state index >= 15 is 0 Å². The van der Waals surface area contributed by atoms with E-state index in [1.807, 2.05) is 25.1 Å². The molecule has 2 aliphatic heterocycles. The minimum atomic E-state index is -0.408. The zero-order valence-corrected chi connectivity index (χ0v) is 21.6. The van der Waals surface area contributed by atoms with Crippen LogP contribution in [-0.4, -0.2) is 31.5 Å². The second kappa shape index (κ2) is 9.36. The maximum atomic E-state index is 12.9. The summed E-state index contributed by atoms with van der Waals surface area (Å²) in [5.74, 6) is 0.427. The molecule has 1 N–H and O–H groups in total. The molecule has 176 valence electrons. The Bertz CT molecular complexity index is 1450. The van der Waals surface area contributed by atoms with E-state index in [0.717, 1.165) is 40.3 Å². The van der Waals surface area contributed by atoms with Gasteiger partial charge in [0.1, 0.15) is 5.84 Å². The number of nitrogens with zero attached hydrogens (tertiary/aromatic N) is 4. The van der Waals surface area contributed by atoms with Gasteiger partial charge in [-0.3, -0.25) is 10.2 Å². The number of amidine groups is 3. The fraction of sp³-hybridized carbons (Fsp3) is 0.185. The first kappa shape index (κ1) is 23.4. The number of hydrogen-bond donors (Lipinski definition) is 1. The van der Waals surface area contributed by atoms with Crippen molar-refractivity contribution in [3.8, 4) is 5.69 Å². The largest absolute Gasteiger partial charge is 0.318 e. The van der Waals surface area contributed by atoms with E-state index in [4.69, 9.17) is 5.41 Å². The molecule has 35 heavy (non-hydrogen) atoms.